The number of aromatic nitrogens is 2. The van der Waals surface area contributed by atoms with Gasteiger partial charge in [0.25, 0.3) is 0 Å². The summed E-state index contributed by atoms with van der Waals surface area (Å²) in [5.41, 5.74) is 7.89. The van der Waals surface area contributed by atoms with Gasteiger partial charge in [0, 0.05) is 24.8 Å². The van der Waals surface area contributed by atoms with Crippen molar-refractivity contribution < 1.29 is 4.79 Å². The molecule has 0 saturated carbocycles. The molecule has 0 bridgehead atoms. The van der Waals surface area contributed by atoms with E-state index in [9.17, 15) is 4.79 Å². The summed E-state index contributed by atoms with van der Waals surface area (Å²) < 4.78 is 1.80. The summed E-state index contributed by atoms with van der Waals surface area (Å²) >= 11 is 0. The monoisotopic (exact) mass is 250 g/mol. The molecular weight excluding hydrogens is 228 g/mol. The zero-order chi connectivity index (χ0) is 13.3. The van der Waals surface area contributed by atoms with Gasteiger partial charge in [-0.3, -0.25) is 9.48 Å². The first-order valence-corrected chi connectivity index (χ1v) is 6.56. The van der Waals surface area contributed by atoms with E-state index in [1.165, 1.54) is 0 Å². The van der Waals surface area contributed by atoms with Crippen LogP contribution in [0.5, 0.6) is 0 Å². The highest BCUT2D eigenvalue weighted by Crippen LogP contribution is 2.17. The van der Waals surface area contributed by atoms with E-state index in [1.807, 2.05) is 31.7 Å². The molecule has 1 saturated heterocycles. The fraction of sp³-hybridized carbons (Fsp3) is 0.692. The fourth-order valence-corrected chi connectivity index (χ4v) is 2.62. The van der Waals surface area contributed by atoms with Crippen molar-refractivity contribution >= 4 is 5.91 Å². The SMILES string of the molecule is Cc1cc(C)n([C@@H](C)C(=O)N2CCC[C@@H](N)C2)n1. The molecule has 0 spiro atoms. The predicted octanol–water partition coefficient (Wildman–Crippen LogP) is 1.01. The number of nitrogens with zero attached hydrogens (tertiary/aromatic N) is 3. The van der Waals surface area contributed by atoms with Gasteiger partial charge in [-0.25, -0.2) is 0 Å². The van der Waals surface area contributed by atoms with Crippen LogP contribution in [0.3, 0.4) is 0 Å². The molecule has 18 heavy (non-hydrogen) atoms. The maximum Gasteiger partial charge on any atom is 0.247 e. The average molecular weight is 250 g/mol. The lowest BCUT2D eigenvalue weighted by Gasteiger charge is -2.32. The molecule has 1 aromatic heterocycles. The van der Waals surface area contributed by atoms with Gasteiger partial charge < -0.3 is 10.6 Å². The van der Waals surface area contributed by atoms with Crippen LogP contribution in [0.15, 0.2) is 6.07 Å². The Morgan fingerprint density at radius 1 is 1.56 bits per heavy atom. The van der Waals surface area contributed by atoms with Gasteiger partial charge in [-0.15, -0.1) is 0 Å². The second-order valence-corrected chi connectivity index (χ2v) is 5.23. The lowest BCUT2D eigenvalue weighted by atomic mass is 10.1. The number of hydrogen-bond acceptors (Lipinski definition) is 3. The van der Waals surface area contributed by atoms with Crippen LogP contribution in [-0.2, 0) is 4.79 Å². The van der Waals surface area contributed by atoms with Gasteiger partial charge in [0.2, 0.25) is 5.91 Å². The van der Waals surface area contributed by atoms with Gasteiger partial charge in [-0.05, 0) is 39.7 Å². The number of rotatable bonds is 2. The Morgan fingerprint density at radius 3 is 2.83 bits per heavy atom. The summed E-state index contributed by atoms with van der Waals surface area (Å²) in [5, 5.41) is 4.38. The second-order valence-electron chi connectivity index (χ2n) is 5.23. The van der Waals surface area contributed by atoms with Crippen LogP contribution >= 0.6 is 0 Å². The van der Waals surface area contributed by atoms with E-state index in [1.54, 1.807) is 4.68 Å². The molecule has 5 nitrogen and oxygen atoms in total. The Balaban J connectivity index is 2.11. The number of carbonyl (C=O) groups is 1. The summed E-state index contributed by atoms with van der Waals surface area (Å²) in [5.74, 6) is 0.122. The van der Waals surface area contributed by atoms with Crippen molar-refractivity contribution in [1.29, 1.82) is 0 Å². The summed E-state index contributed by atoms with van der Waals surface area (Å²) in [6.07, 6.45) is 2.01. The Kier molecular flexibility index (Phi) is 3.71. The Hall–Kier alpha value is -1.36. The molecule has 0 aromatic carbocycles. The summed E-state index contributed by atoms with van der Waals surface area (Å²) in [6.45, 7) is 7.31. The maximum atomic E-state index is 12.4. The van der Waals surface area contributed by atoms with Crippen LogP contribution in [0, 0.1) is 13.8 Å². The van der Waals surface area contributed by atoms with Crippen molar-refractivity contribution in [3.63, 3.8) is 0 Å². The second kappa shape index (κ2) is 5.10. The van der Waals surface area contributed by atoms with E-state index in [4.69, 9.17) is 5.73 Å². The van der Waals surface area contributed by atoms with E-state index in [0.29, 0.717) is 6.54 Å². The largest absolute Gasteiger partial charge is 0.339 e. The Bertz CT molecular complexity index is 440. The van der Waals surface area contributed by atoms with Crippen molar-refractivity contribution in [2.45, 2.75) is 45.7 Å². The number of nitrogens with two attached hydrogens (primary N) is 1. The molecule has 1 amide bonds. The molecule has 2 rings (SSSR count). The maximum absolute atomic E-state index is 12.4. The van der Waals surface area contributed by atoms with Crippen molar-refractivity contribution in [3.8, 4) is 0 Å². The van der Waals surface area contributed by atoms with Gasteiger partial charge in [0.15, 0.2) is 0 Å². The lowest BCUT2D eigenvalue weighted by molar-refractivity contribution is -0.135. The van der Waals surface area contributed by atoms with Gasteiger partial charge in [0.1, 0.15) is 6.04 Å². The molecular formula is C13H22N4O. The van der Waals surface area contributed by atoms with Gasteiger partial charge in [-0.1, -0.05) is 0 Å². The lowest BCUT2D eigenvalue weighted by Crippen LogP contribution is -2.47. The molecule has 0 aliphatic carbocycles. The highest BCUT2D eigenvalue weighted by molar-refractivity contribution is 5.80. The molecule has 0 unspecified atom stereocenters. The van der Waals surface area contributed by atoms with E-state index in [2.05, 4.69) is 5.10 Å². The number of likely N-dealkylation sites (tertiary alicyclic amines) is 1. The van der Waals surface area contributed by atoms with Crippen LogP contribution in [0.2, 0.25) is 0 Å². The summed E-state index contributed by atoms with van der Waals surface area (Å²) in [7, 11) is 0. The van der Waals surface area contributed by atoms with Gasteiger partial charge in [0.05, 0.1) is 5.69 Å². The van der Waals surface area contributed by atoms with Crippen LogP contribution in [0.1, 0.15) is 37.2 Å². The Labute approximate surface area is 108 Å². The van der Waals surface area contributed by atoms with Crippen molar-refractivity contribution in [2.75, 3.05) is 13.1 Å². The number of piperidine rings is 1. The molecule has 2 heterocycles. The highest BCUT2D eigenvalue weighted by atomic mass is 16.2. The normalized spacial score (nSPS) is 22.0. The quantitative estimate of drug-likeness (QED) is 0.852. The minimum absolute atomic E-state index is 0.121. The molecule has 1 aliphatic heterocycles. The van der Waals surface area contributed by atoms with Crippen molar-refractivity contribution in [1.82, 2.24) is 14.7 Å². The molecule has 1 fully saturated rings. The molecule has 2 N–H and O–H groups in total. The van der Waals surface area contributed by atoms with Gasteiger partial charge in [-0.2, -0.15) is 5.10 Å². The molecule has 0 radical (unpaired) electrons. The minimum atomic E-state index is -0.246. The third kappa shape index (κ3) is 2.56. The highest BCUT2D eigenvalue weighted by Gasteiger charge is 2.27. The first-order chi connectivity index (χ1) is 8.49. The predicted molar refractivity (Wildman–Crippen MR) is 70.2 cm³/mol. The smallest absolute Gasteiger partial charge is 0.247 e. The van der Waals surface area contributed by atoms with Crippen LogP contribution < -0.4 is 5.73 Å². The average Bonchev–Trinajstić information content (AvgIpc) is 2.66. The zero-order valence-corrected chi connectivity index (χ0v) is 11.4. The molecule has 5 heteroatoms. The Morgan fingerprint density at radius 2 is 2.28 bits per heavy atom. The van der Waals surface area contributed by atoms with E-state index < -0.39 is 0 Å². The van der Waals surface area contributed by atoms with Crippen molar-refractivity contribution in [3.05, 3.63) is 17.5 Å². The third-order valence-corrected chi connectivity index (χ3v) is 3.54. The van der Waals surface area contributed by atoms with Crippen LogP contribution in [-0.4, -0.2) is 39.7 Å². The molecule has 100 valence electrons. The third-order valence-electron chi connectivity index (χ3n) is 3.54. The fourth-order valence-electron chi connectivity index (χ4n) is 2.62. The first kappa shape index (κ1) is 13.1. The number of amides is 1. The summed E-state index contributed by atoms with van der Waals surface area (Å²) in [4.78, 5) is 14.3. The van der Waals surface area contributed by atoms with Gasteiger partial charge >= 0.3 is 0 Å². The molecule has 1 aromatic rings. The number of hydrogen-bond donors (Lipinski definition) is 1. The van der Waals surface area contributed by atoms with Crippen LogP contribution in [0.4, 0.5) is 0 Å². The molecule has 1 aliphatic rings. The molecule has 2 atom stereocenters. The van der Waals surface area contributed by atoms with Crippen LogP contribution in [0.25, 0.3) is 0 Å². The summed E-state index contributed by atoms with van der Waals surface area (Å²) in [6, 6.07) is 1.87. The van der Waals surface area contributed by atoms with Crippen molar-refractivity contribution in [2.24, 2.45) is 5.73 Å². The number of aryl methyl sites for hydroxylation is 2. The number of carbonyl (C=O) groups excluding carboxylic acids is 1. The van der Waals surface area contributed by atoms with E-state index in [0.717, 1.165) is 30.8 Å². The standard InChI is InChI=1S/C13H22N4O/c1-9-7-10(2)17(15-9)11(3)13(18)16-6-4-5-12(14)8-16/h7,11-12H,4-6,8,14H2,1-3H3/t11-,12+/m0/s1. The minimum Gasteiger partial charge on any atom is -0.339 e. The topological polar surface area (TPSA) is 64.2 Å². The van der Waals surface area contributed by atoms with E-state index >= 15 is 0 Å². The van der Waals surface area contributed by atoms with E-state index in [-0.39, 0.29) is 18.0 Å². The zero-order valence-electron chi connectivity index (χ0n) is 11.4. The first-order valence-electron chi connectivity index (χ1n) is 6.56.